The number of halogens is 1. The number of benzene rings is 1. The smallest absolute Gasteiger partial charge is 0.207 e. The minimum Gasteiger partial charge on any atom is -0.324 e. The number of nitrogens with zero attached hydrogens (tertiary/aromatic N) is 2. The van der Waals surface area contributed by atoms with Crippen LogP contribution >= 0.6 is 11.6 Å². The number of hydrogen-bond donors (Lipinski definition) is 1. The highest BCUT2D eigenvalue weighted by Gasteiger charge is 2.05. The molecule has 0 unspecified atom stereocenters. The fraction of sp³-hybridized carbons (Fsp3) is 0.357. The molecule has 0 saturated heterocycles. The van der Waals surface area contributed by atoms with Gasteiger partial charge in [0.25, 0.3) is 0 Å². The minimum atomic E-state index is 0.722. The molecule has 1 aromatic heterocycles. The zero-order chi connectivity index (χ0) is 13.0. The number of aromatic nitrogens is 2. The largest absolute Gasteiger partial charge is 0.324 e. The zero-order valence-corrected chi connectivity index (χ0v) is 11.5. The van der Waals surface area contributed by atoms with Gasteiger partial charge in [-0.05, 0) is 31.0 Å². The van der Waals surface area contributed by atoms with Crippen molar-refractivity contribution >= 4 is 23.2 Å². The van der Waals surface area contributed by atoms with E-state index in [9.17, 15) is 0 Å². The van der Waals surface area contributed by atoms with Gasteiger partial charge in [0.15, 0.2) is 0 Å². The van der Waals surface area contributed by atoms with Gasteiger partial charge in [-0.25, -0.2) is 4.98 Å². The summed E-state index contributed by atoms with van der Waals surface area (Å²) in [6.45, 7) is 5.18. The molecule has 0 saturated carbocycles. The highest BCUT2D eigenvalue weighted by molar-refractivity contribution is 6.33. The van der Waals surface area contributed by atoms with E-state index in [1.807, 2.05) is 31.3 Å². The van der Waals surface area contributed by atoms with Crippen molar-refractivity contribution in [3.63, 3.8) is 0 Å². The lowest BCUT2D eigenvalue weighted by molar-refractivity contribution is 0.638. The normalized spacial score (nSPS) is 10.6. The summed E-state index contributed by atoms with van der Waals surface area (Å²) in [5, 5.41) is 4.00. The van der Waals surface area contributed by atoms with Crippen LogP contribution in [0.25, 0.3) is 0 Å². The first-order valence-electron chi connectivity index (χ1n) is 6.25. The summed E-state index contributed by atoms with van der Waals surface area (Å²) in [4.78, 5) is 4.32. The van der Waals surface area contributed by atoms with Crippen LogP contribution in [-0.4, -0.2) is 9.55 Å². The maximum Gasteiger partial charge on any atom is 0.207 e. The molecular formula is C14H18ClN3. The molecule has 0 spiro atoms. The molecule has 2 rings (SSSR count). The molecule has 0 aliphatic rings. The van der Waals surface area contributed by atoms with Crippen LogP contribution in [0.3, 0.4) is 0 Å². The average Bonchev–Trinajstić information content (AvgIpc) is 2.77. The Bertz CT molecular complexity index is 520. The van der Waals surface area contributed by atoms with Crippen LogP contribution < -0.4 is 5.32 Å². The second-order valence-corrected chi connectivity index (χ2v) is 4.81. The summed E-state index contributed by atoms with van der Waals surface area (Å²) in [6.07, 6.45) is 6.11. The molecule has 1 N–H and O–H groups in total. The Hall–Kier alpha value is -1.48. The lowest BCUT2D eigenvalue weighted by atomic mass is 10.2. The number of nitrogens with one attached hydrogen (secondary N) is 1. The molecule has 96 valence electrons. The van der Waals surface area contributed by atoms with Crippen molar-refractivity contribution in [3.05, 3.63) is 41.2 Å². The third-order valence-electron chi connectivity index (χ3n) is 2.84. The van der Waals surface area contributed by atoms with Crippen LogP contribution in [0.15, 0.2) is 30.6 Å². The van der Waals surface area contributed by atoms with Crippen molar-refractivity contribution in [1.29, 1.82) is 0 Å². The molecule has 0 bridgehead atoms. The van der Waals surface area contributed by atoms with E-state index in [0.29, 0.717) is 0 Å². The van der Waals surface area contributed by atoms with Crippen molar-refractivity contribution in [3.8, 4) is 0 Å². The molecule has 4 heteroatoms. The first-order valence-corrected chi connectivity index (χ1v) is 6.63. The SMILES string of the molecule is CCCCn1ccnc1Nc1ccc(C)cc1Cl. The van der Waals surface area contributed by atoms with E-state index in [1.54, 1.807) is 6.20 Å². The van der Waals surface area contributed by atoms with Gasteiger partial charge in [-0.2, -0.15) is 0 Å². The Morgan fingerprint density at radius 3 is 2.94 bits per heavy atom. The topological polar surface area (TPSA) is 29.9 Å². The zero-order valence-electron chi connectivity index (χ0n) is 10.8. The molecule has 2 aromatic rings. The van der Waals surface area contributed by atoms with Crippen LogP contribution in [0.2, 0.25) is 5.02 Å². The van der Waals surface area contributed by atoms with Crippen LogP contribution in [0.1, 0.15) is 25.3 Å². The van der Waals surface area contributed by atoms with Gasteiger partial charge < -0.3 is 9.88 Å². The van der Waals surface area contributed by atoms with Gasteiger partial charge in [0.1, 0.15) is 0 Å². The number of imidazole rings is 1. The van der Waals surface area contributed by atoms with E-state index in [4.69, 9.17) is 11.6 Å². The molecule has 1 aromatic carbocycles. The fourth-order valence-electron chi connectivity index (χ4n) is 1.78. The monoisotopic (exact) mass is 263 g/mol. The molecule has 0 fully saturated rings. The Morgan fingerprint density at radius 2 is 2.22 bits per heavy atom. The van der Waals surface area contributed by atoms with Crippen molar-refractivity contribution in [2.75, 3.05) is 5.32 Å². The van der Waals surface area contributed by atoms with E-state index in [2.05, 4.69) is 21.8 Å². The molecule has 0 aliphatic carbocycles. The van der Waals surface area contributed by atoms with Gasteiger partial charge in [0, 0.05) is 18.9 Å². The minimum absolute atomic E-state index is 0.722. The summed E-state index contributed by atoms with van der Waals surface area (Å²) in [6, 6.07) is 5.97. The van der Waals surface area contributed by atoms with Crippen molar-refractivity contribution in [2.45, 2.75) is 33.2 Å². The summed E-state index contributed by atoms with van der Waals surface area (Å²) >= 11 is 6.20. The lowest BCUT2D eigenvalue weighted by Crippen LogP contribution is -2.03. The predicted octanol–water partition coefficient (Wildman–Crippen LogP) is 4.39. The Morgan fingerprint density at radius 1 is 1.39 bits per heavy atom. The Kier molecular flexibility index (Phi) is 4.26. The number of anilines is 2. The highest BCUT2D eigenvalue weighted by atomic mass is 35.5. The number of aryl methyl sites for hydroxylation is 2. The third kappa shape index (κ3) is 3.05. The maximum atomic E-state index is 6.20. The second kappa shape index (κ2) is 5.91. The number of hydrogen-bond acceptors (Lipinski definition) is 2. The van der Waals surface area contributed by atoms with Crippen LogP contribution in [-0.2, 0) is 6.54 Å². The molecular weight excluding hydrogens is 246 g/mol. The van der Waals surface area contributed by atoms with Crippen LogP contribution in [0, 0.1) is 6.92 Å². The van der Waals surface area contributed by atoms with Gasteiger partial charge in [-0.1, -0.05) is 31.0 Å². The van der Waals surface area contributed by atoms with Gasteiger partial charge in [0.05, 0.1) is 10.7 Å². The molecule has 0 aliphatic heterocycles. The second-order valence-electron chi connectivity index (χ2n) is 4.41. The quantitative estimate of drug-likeness (QED) is 0.867. The van der Waals surface area contributed by atoms with E-state index >= 15 is 0 Å². The van der Waals surface area contributed by atoms with Crippen molar-refractivity contribution < 1.29 is 0 Å². The highest BCUT2D eigenvalue weighted by Crippen LogP contribution is 2.25. The van der Waals surface area contributed by atoms with E-state index in [-0.39, 0.29) is 0 Å². The maximum absolute atomic E-state index is 6.20. The molecule has 0 atom stereocenters. The summed E-state index contributed by atoms with van der Waals surface area (Å²) in [5.41, 5.74) is 2.05. The molecule has 1 heterocycles. The van der Waals surface area contributed by atoms with Crippen molar-refractivity contribution in [1.82, 2.24) is 9.55 Å². The summed E-state index contributed by atoms with van der Waals surface area (Å²) in [7, 11) is 0. The predicted molar refractivity (Wildman–Crippen MR) is 76.6 cm³/mol. The van der Waals surface area contributed by atoms with Crippen molar-refractivity contribution in [2.24, 2.45) is 0 Å². The van der Waals surface area contributed by atoms with Gasteiger partial charge in [0.2, 0.25) is 5.95 Å². The molecule has 0 amide bonds. The number of rotatable bonds is 5. The van der Waals surface area contributed by atoms with E-state index < -0.39 is 0 Å². The van der Waals surface area contributed by atoms with Gasteiger partial charge in [-0.3, -0.25) is 0 Å². The van der Waals surface area contributed by atoms with Crippen LogP contribution in [0.4, 0.5) is 11.6 Å². The summed E-state index contributed by atoms with van der Waals surface area (Å²) in [5.74, 6) is 0.842. The molecule has 3 nitrogen and oxygen atoms in total. The van der Waals surface area contributed by atoms with E-state index in [0.717, 1.165) is 35.2 Å². The summed E-state index contributed by atoms with van der Waals surface area (Å²) < 4.78 is 2.11. The average molecular weight is 264 g/mol. The Labute approximate surface area is 113 Å². The number of unbranched alkanes of at least 4 members (excludes halogenated alkanes) is 1. The fourth-order valence-corrected chi connectivity index (χ4v) is 2.07. The lowest BCUT2D eigenvalue weighted by Gasteiger charge is -2.11. The Balaban J connectivity index is 2.15. The van der Waals surface area contributed by atoms with Crippen LogP contribution in [0.5, 0.6) is 0 Å². The van der Waals surface area contributed by atoms with Gasteiger partial charge in [-0.15, -0.1) is 0 Å². The van der Waals surface area contributed by atoms with E-state index in [1.165, 1.54) is 6.42 Å². The third-order valence-corrected chi connectivity index (χ3v) is 3.15. The first kappa shape index (κ1) is 13.0. The molecule has 18 heavy (non-hydrogen) atoms. The molecule has 0 radical (unpaired) electrons. The van der Waals surface area contributed by atoms with Gasteiger partial charge >= 0.3 is 0 Å². The standard InChI is InChI=1S/C14H18ClN3/c1-3-4-8-18-9-7-16-14(18)17-13-6-5-11(2)10-12(13)15/h5-7,9-10H,3-4,8H2,1-2H3,(H,16,17). The first-order chi connectivity index (χ1) is 8.70.